The Hall–Kier alpha value is -0.560. The highest BCUT2D eigenvalue weighted by Gasteiger charge is 2.41. The fourth-order valence-electron chi connectivity index (χ4n) is 3.36. The number of esters is 1. The van der Waals surface area contributed by atoms with Gasteiger partial charge in [0, 0.05) is 29.8 Å². The molecule has 1 aliphatic rings. The van der Waals surface area contributed by atoms with Crippen molar-refractivity contribution in [3.63, 3.8) is 0 Å². The van der Waals surface area contributed by atoms with Gasteiger partial charge in [0.1, 0.15) is 0 Å². The monoisotopic (exact) mass is 388 g/mol. The van der Waals surface area contributed by atoms with Gasteiger partial charge in [-0.2, -0.15) is 11.8 Å². The second kappa shape index (κ2) is 13.6. The average molecular weight is 389 g/mol. The van der Waals surface area contributed by atoms with Crippen LogP contribution in [0.3, 0.4) is 0 Å². The first kappa shape index (κ1) is 23.5. The third-order valence-electron chi connectivity index (χ3n) is 4.95. The third kappa shape index (κ3) is 8.89. The Morgan fingerprint density at radius 3 is 2.69 bits per heavy atom. The molecule has 0 saturated heterocycles. The molecule has 0 bridgehead atoms. The fourth-order valence-corrected chi connectivity index (χ4v) is 4.84. The van der Waals surface area contributed by atoms with E-state index < -0.39 is 12.2 Å². The molecule has 3 unspecified atom stereocenters. The van der Waals surface area contributed by atoms with Crippen LogP contribution in [-0.2, 0) is 9.53 Å². The number of allylic oxidation sites excluding steroid dienone is 2. The van der Waals surface area contributed by atoms with Crippen LogP contribution in [0, 0.1) is 5.92 Å². The maximum atomic E-state index is 11.1. The smallest absolute Gasteiger partial charge is 0.305 e. The second-order valence-electron chi connectivity index (χ2n) is 7.16. The van der Waals surface area contributed by atoms with E-state index in [0.717, 1.165) is 38.5 Å². The van der Waals surface area contributed by atoms with Crippen molar-refractivity contribution in [3.8, 4) is 0 Å². The summed E-state index contributed by atoms with van der Waals surface area (Å²) in [5.41, 5.74) is 0. The zero-order valence-corrected chi connectivity index (χ0v) is 17.0. The number of ether oxygens (including phenoxy) is 1. The van der Waals surface area contributed by atoms with E-state index in [4.69, 9.17) is 0 Å². The van der Waals surface area contributed by atoms with Crippen molar-refractivity contribution in [2.45, 2.75) is 88.3 Å². The van der Waals surface area contributed by atoms with Crippen LogP contribution in [0.25, 0.3) is 0 Å². The van der Waals surface area contributed by atoms with Crippen molar-refractivity contribution in [2.75, 3.05) is 12.9 Å². The minimum atomic E-state index is -0.518. The Morgan fingerprint density at radius 1 is 1.23 bits per heavy atom. The summed E-state index contributed by atoms with van der Waals surface area (Å²) in [5.74, 6) is 0.425. The molecule has 0 amide bonds. The lowest BCUT2D eigenvalue weighted by molar-refractivity contribution is -0.140. The number of carbonyl (C=O) groups excluding carboxylic acids is 1. The summed E-state index contributed by atoms with van der Waals surface area (Å²) in [6, 6.07) is 0. The third-order valence-corrected chi connectivity index (χ3v) is 6.58. The molecule has 152 valence electrons. The summed E-state index contributed by atoms with van der Waals surface area (Å²) in [6.07, 6.45) is 9.90. The molecule has 1 aliphatic carbocycles. The zero-order valence-electron chi connectivity index (χ0n) is 16.2. The lowest BCUT2D eigenvalue weighted by Crippen LogP contribution is -2.26. The normalized spacial score (nSPS) is 27.1. The summed E-state index contributed by atoms with van der Waals surface area (Å²) in [7, 11) is 1.39. The number of rotatable bonds is 13. The van der Waals surface area contributed by atoms with Gasteiger partial charge in [-0.15, -0.1) is 0 Å². The number of aliphatic hydroxyl groups is 3. The van der Waals surface area contributed by atoms with E-state index in [1.165, 1.54) is 7.11 Å². The van der Waals surface area contributed by atoms with Crippen molar-refractivity contribution in [1.82, 2.24) is 0 Å². The molecule has 26 heavy (non-hydrogen) atoms. The van der Waals surface area contributed by atoms with Gasteiger partial charge in [0.2, 0.25) is 0 Å². The number of hydrogen-bond donors (Lipinski definition) is 3. The number of methoxy groups -OCH3 is 1. The van der Waals surface area contributed by atoms with Crippen LogP contribution in [0.4, 0.5) is 0 Å². The summed E-state index contributed by atoms with van der Waals surface area (Å²) in [5, 5.41) is 30.6. The molecule has 0 spiro atoms. The lowest BCUT2D eigenvalue weighted by Gasteiger charge is -2.23. The van der Waals surface area contributed by atoms with Crippen molar-refractivity contribution in [1.29, 1.82) is 0 Å². The number of aliphatic hydroxyl groups excluding tert-OH is 3. The largest absolute Gasteiger partial charge is 0.469 e. The van der Waals surface area contributed by atoms with E-state index >= 15 is 0 Å². The molecule has 0 aromatic carbocycles. The van der Waals surface area contributed by atoms with Crippen molar-refractivity contribution in [2.24, 2.45) is 5.92 Å². The molecule has 5 atom stereocenters. The summed E-state index contributed by atoms with van der Waals surface area (Å²) in [4.78, 5) is 11.1. The van der Waals surface area contributed by atoms with E-state index in [9.17, 15) is 20.1 Å². The minimum absolute atomic E-state index is 0.00898. The second-order valence-corrected chi connectivity index (χ2v) is 8.37. The van der Waals surface area contributed by atoms with E-state index in [0.29, 0.717) is 25.0 Å². The zero-order chi connectivity index (χ0) is 19.4. The number of hydrogen-bond acceptors (Lipinski definition) is 6. The Balaban J connectivity index is 2.35. The van der Waals surface area contributed by atoms with Gasteiger partial charge in [0.05, 0.1) is 25.4 Å². The predicted octanol–water partition coefficient (Wildman–Crippen LogP) is 3.06. The maximum absolute atomic E-state index is 11.1. The lowest BCUT2D eigenvalue weighted by atomic mass is 10.0. The fraction of sp³-hybridized carbons (Fsp3) is 0.850. The Kier molecular flexibility index (Phi) is 12.3. The Morgan fingerprint density at radius 2 is 2.00 bits per heavy atom. The van der Waals surface area contributed by atoms with Crippen molar-refractivity contribution >= 4 is 17.7 Å². The summed E-state index contributed by atoms with van der Waals surface area (Å²) in [6.45, 7) is 2.14. The van der Waals surface area contributed by atoms with Crippen molar-refractivity contribution in [3.05, 3.63) is 12.2 Å². The van der Waals surface area contributed by atoms with E-state index in [1.807, 2.05) is 12.2 Å². The summed E-state index contributed by atoms with van der Waals surface area (Å²) >= 11 is 1.59. The van der Waals surface area contributed by atoms with Crippen LogP contribution in [0.15, 0.2) is 12.2 Å². The molecule has 0 heterocycles. The van der Waals surface area contributed by atoms with Crippen LogP contribution in [0.5, 0.6) is 0 Å². The SMILES string of the molecule is CCCCCC(O)CS[C@H]1C(O)CC(O)[C@@H]1CC=CCCCC(=O)OC. The molecule has 0 radical (unpaired) electrons. The molecule has 1 rings (SSSR count). The van der Waals surface area contributed by atoms with Gasteiger partial charge in [-0.1, -0.05) is 38.3 Å². The molecule has 0 aromatic heterocycles. The number of unbranched alkanes of at least 4 members (excludes halogenated alkanes) is 3. The first-order valence-corrected chi connectivity index (χ1v) is 10.9. The molecular weight excluding hydrogens is 352 g/mol. The van der Waals surface area contributed by atoms with Crippen LogP contribution >= 0.6 is 11.8 Å². The van der Waals surface area contributed by atoms with Gasteiger partial charge in [0.25, 0.3) is 0 Å². The molecule has 6 heteroatoms. The molecule has 1 saturated carbocycles. The molecule has 1 fully saturated rings. The highest BCUT2D eigenvalue weighted by molar-refractivity contribution is 8.00. The molecular formula is C20H36O5S. The van der Waals surface area contributed by atoms with Gasteiger partial charge in [0.15, 0.2) is 0 Å². The molecule has 3 N–H and O–H groups in total. The van der Waals surface area contributed by atoms with Crippen LogP contribution in [0.1, 0.15) is 64.7 Å². The quantitative estimate of drug-likeness (QED) is 0.255. The Bertz CT molecular complexity index is 415. The van der Waals surface area contributed by atoms with Crippen LogP contribution in [-0.4, -0.2) is 57.7 Å². The average Bonchev–Trinajstić information content (AvgIpc) is 2.89. The molecule has 5 nitrogen and oxygen atoms in total. The first-order valence-electron chi connectivity index (χ1n) is 9.87. The highest BCUT2D eigenvalue weighted by Crippen LogP contribution is 2.38. The minimum Gasteiger partial charge on any atom is -0.469 e. The van der Waals surface area contributed by atoms with E-state index in [2.05, 4.69) is 11.7 Å². The maximum Gasteiger partial charge on any atom is 0.305 e. The summed E-state index contributed by atoms with van der Waals surface area (Å²) < 4.78 is 4.61. The highest BCUT2D eigenvalue weighted by atomic mass is 32.2. The van der Waals surface area contributed by atoms with E-state index in [-0.39, 0.29) is 23.2 Å². The van der Waals surface area contributed by atoms with Gasteiger partial charge in [-0.3, -0.25) is 4.79 Å². The van der Waals surface area contributed by atoms with Gasteiger partial charge < -0.3 is 20.1 Å². The van der Waals surface area contributed by atoms with Gasteiger partial charge in [-0.25, -0.2) is 0 Å². The first-order chi connectivity index (χ1) is 12.5. The van der Waals surface area contributed by atoms with Crippen LogP contribution in [0.2, 0.25) is 0 Å². The van der Waals surface area contributed by atoms with Gasteiger partial charge in [-0.05, 0) is 25.7 Å². The number of thioether (sulfide) groups is 1. The van der Waals surface area contributed by atoms with Crippen molar-refractivity contribution < 1.29 is 24.9 Å². The van der Waals surface area contributed by atoms with Gasteiger partial charge >= 0.3 is 5.97 Å². The topological polar surface area (TPSA) is 87.0 Å². The standard InChI is InChI=1S/C20H36O5S/c1-3-4-7-10-15(21)14-26-20-16(17(22)13-18(20)23)11-8-5-6-9-12-19(24)25-2/h5,8,15-18,20-23H,3-4,6-7,9-14H2,1-2H3/t15?,16-,17?,18?,20+/m0/s1. The predicted molar refractivity (Wildman–Crippen MR) is 106 cm³/mol. The van der Waals surface area contributed by atoms with Crippen LogP contribution < -0.4 is 0 Å². The number of carbonyl (C=O) groups is 1. The van der Waals surface area contributed by atoms with E-state index in [1.54, 1.807) is 11.8 Å². The molecule has 0 aromatic rings. The molecule has 0 aliphatic heterocycles. The Labute approximate surface area is 162 Å².